The van der Waals surface area contributed by atoms with Crippen molar-refractivity contribution in [2.24, 2.45) is 0 Å². The lowest BCUT2D eigenvalue weighted by Crippen LogP contribution is -2.26. The van der Waals surface area contributed by atoms with Gasteiger partial charge in [0.2, 0.25) is 0 Å². The van der Waals surface area contributed by atoms with Gasteiger partial charge in [0.1, 0.15) is 11.6 Å². The first-order valence-electron chi connectivity index (χ1n) is 8.52. The minimum atomic E-state index is -0.658. The fourth-order valence-electron chi connectivity index (χ4n) is 3.70. The number of rotatable bonds is 2. The van der Waals surface area contributed by atoms with Gasteiger partial charge in [0.25, 0.3) is 5.91 Å². The number of anilines is 1. The van der Waals surface area contributed by atoms with Gasteiger partial charge in [-0.15, -0.1) is 0 Å². The Labute approximate surface area is 148 Å². The molecule has 2 N–H and O–H groups in total. The van der Waals surface area contributed by atoms with Gasteiger partial charge in [-0.2, -0.15) is 0 Å². The summed E-state index contributed by atoms with van der Waals surface area (Å²) in [5.74, 6) is -1.37. The number of carbonyl (C=O) groups excluding carboxylic acids is 1. The van der Waals surface area contributed by atoms with Crippen molar-refractivity contribution in [2.45, 2.75) is 25.4 Å². The lowest BCUT2D eigenvalue weighted by atomic mass is 9.98. The van der Waals surface area contributed by atoms with E-state index in [9.17, 15) is 13.6 Å². The number of hydrogen-bond donors (Lipinski definition) is 1. The summed E-state index contributed by atoms with van der Waals surface area (Å²) in [6, 6.07) is 8.97. The molecule has 0 saturated heterocycles. The maximum absolute atomic E-state index is 14.3. The van der Waals surface area contributed by atoms with Crippen LogP contribution < -0.4 is 5.73 Å². The van der Waals surface area contributed by atoms with Crippen molar-refractivity contribution in [1.82, 2.24) is 9.88 Å². The van der Waals surface area contributed by atoms with Gasteiger partial charge in [-0.25, -0.2) is 13.8 Å². The standard InChI is InChI=1S/C20H15F2N3O/c21-10-4-7-12(15(22)8-10)13-2-1-3-14-18(23)17-16(24-19(13)14)9-25(20(17)26)11-5-6-11/h1-4,7-8,11H,5-6,9H2,(H2,23,24). The van der Waals surface area contributed by atoms with E-state index in [4.69, 9.17) is 5.73 Å². The smallest absolute Gasteiger partial charge is 0.258 e. The molecule has 4 nitrogen and oxygen atoms in total. The molecule has 26 heavy (non-hydrogen) atoms. The molecule has 5 rings (SSSR count). The summed E-state index contributed by atoms with van der Waals surface area (Å²) in [6.45, 7) is 0.430. The summed E-state index contributed by atoms with van der Waals surface area (Å²) in [4.78, 5) is 19.2. The number of aromatic nitrogens is 1. The van der Waals surface area contributed by atoms with E-state index in [0.717, 1.165) is 18.9 Å². The Balaban J connectivity index is 1.75. The van der Waals surface area contributed by atoms with Crippen LogP contribution in [0.25, 0.3) is 22.0 Å². The van der Waals surface area contributed by atoms with Gasteiger partial charge in [0.05, 0.1) is 29.0 Å². The molecular formula is C20H15F2N3O. The summed E-state index contributed by atoms with van der Waals surface area (Å²) in [6.07, 6.45) is 2.01. The summed E-state index contributed by atoms with van der Waals surface area (Å²) >= 11 is 0. The maximum Gasteiger partial charge on any atom is 0.258 e. The molecule has 1 aromatic heterocycles. The fraction of sp³-hybridized carbons (Fsp3) is 0.200. The van der Waals surface area contributed by atoms with E-state index in [1.165, 1.54) is 12.1 Å². The van der Waals surface area contributed by atoms with Crippen LogP contribution in [-0.2, 0) is 6.54 Å². The third-order valence-corrected chi connectivity index (χ3v) is 5.13. The molecule has 130 valence electrons. The Kier molecular flexibility index (Phi) is 3.07. The molecule has 0 atom stereocenters. The lowest BCUT2D eigenvalue weighted by Gasteiger charge is -2.13. The number of nitrogens with zero attached hydrogens (tertiary/aromatic N) is 2. The van der Waals surface area contributed by atoms with E-state index in [1.807, 2.05) is 4.90 Å². The highest BCUT2D eigenvalue weighted by Crippen LogP contribution is 2.40. The van der Waals surface area contributed by atoms with Crippen molar-refractivity contribution >= 4 is 22.5 Å². The molecule has 3 aromatic rings. The van der Waals surface area contributed by atoms with Gasteiger partial charge in [-0.05, 0) is 25.0 Å². The first kappa shape index (κ1) is 15.3. The average Bonchev–Trinajstić information content (AvgIpc) is 3.39. The number of benzene rings is 2. The van der Waals surface area contributed by atoms with E-state index in [0.29, 0.717) is 40.0 Å². The van der Waals surface area contributed by atoms with Crippen LogP contribution in [0.15, 0.2) is 36.4 Å². The molecule has 2 aromatic carbocycles. The van der Waals surface area contributed by atoms with Crippen LogP contribution in [0, 0.1) is 11.6 Å². The number of fused-ring (bicyclic) bond motifs is 2. The monoisotopic (exact) mass is 351 g/mol. The van der Waals surface area contributed by atoms with Crippen LogP contribution in [0.4, 0.5) is 14.5 Å². The van der Waals surface area contributed by atoms with Crippen molar-refractivity contribution < 1.29 is 13.6 Å². The number of halogens is 2. The van der Waals surface area contributed by atoms with Gasteiger partial charge in [-0.3, -0.25) is 4.79 Å². The number of amides is 1. The van der Waals surface area contributed by atoms with E-state index < -0.39 is 11.6 Å². The predicted molar refractivity (Wildman–Crippen MR) is 94.4 cm³/mol. The molecule has 0 radical (unpaired) electrons. The molecule has 1 fully saturated rings. The van der Waals surface area contributed by atoms with E-state index in [1.54, 1.807) is 18.2 Å². The fourth-order valence-corrected chi connectivity index (χ4v) is 3.70. The lowest BCUT2D eigenvalue weighted by molar-refractivity contribution is 0.0767. The summed E-state index contributed by atoms with van der Waals surface area (Å²) in [5, 5.41) is 0.607. The van der Waals surface area contributed by atoms with Crippen molar-refractivity contribution in [3.8, 4) is 11.1 Å². The number of pyridine rings is 1. The largest absolute Gasteiger partial charge is 0.397 e. The highest BCUT2D eigenvalue weighted by molar-refractivity contribution is 6.11. The van der Waals surface area contributed by atoms with E-state index in [-0.39, 0.29) is 17.5 Å². The molecule has 0 spiro atoms. The molecule has 1 aliphatic carbocycles. The first-order valence-corrected chi connectivity index (χ1v) is 8.52. The van der Waals surface area contributed by atoms with E-state index >= 15 is 0 Å². The highest BCUT2D eigenvalue weighted by Gasteiger charge is 2.40. The molecule has 0 unspecified atom stereocenters. The number of nitrogen functional groups attached to an aromatic ring is 1. The van der Waals surface area contributed by atoms with Crippen molar-refractivity contribution in [3.63, 3.8) is 0 Å². The minimum Gasteiger partial charge on any atom is -0.397 e. The van der Waals surface area contributed by atoms with E-state index in [2.05, 4.69) is 4.98 Å². The molecule has 2 heterocycles. The Bertz CT molecular complexity index is 1090. The van der Waals surface area contributed by atoms with Crippen LogP contribution in [0.3, 0.4) is 0 Å². The predicted octanol–water partition coefficient (Wildman–Crippen LogP) is 3.88. The van der Waals surface area contributed by atoms with Crippen LogP contribution >= 0.6 is 0 Å². The molecular weight excluding hydrogens is 336 g/mol. The molecule has 2 aliphatic rings. The highest BCUT2D eigenvalue weighted by atomic mass is 19.1. The summed E-state index contributed by atoms with van der Waals surface area (Å²) in [7, 11) is 0. The van der Waals surface area contributed by atoms with Crippen molar-refractivity contribution in [2.75, 3.05) is 5.73 Å². The first-order chi connectivity index (χ1) is 12.5. The van der Waals surface area contributed by atoms with Crippen LogP contribution in [0.1, 0.15) is 28.9 Å². The zero-order valence-corrected chi connectivity index (χ0v) is 13.8. The van der Waals surface area contributed by atoms with Crippen LogP contribution in [-0.4, -0.2) is 21.8 Å². The number of carbonyl (C=O) groups is 1. The average molecular weight is 351 g/mol. The Morgan fingerprint density at radius 2 is 1.92 bits per heavy atom. The molecule has 1 saturated carbocycles. The van der Waals surface area contributed by atoms with Gasteiger partial charge < -0.3 is 10.6 Å². The van der Waals surface area contributed by atoms with Gasteiger partial charge in [0, 0.05) is 28.6 Å². The van der Waals surface area contributed by atoms with Gasteiger partial charge in [0.15, 0.2) is 0 Å². The normalized spacial score (nSPS) is 16.4. The molecule has 1 aliphatic heterocycles. The second kappa shape index (κ2) is 5.24. The Morgan fingerprint density at radius 1 is 1.12 bits per heavy atom. The Morgan fingerprint density at radius 3 is 2.65 bits per heavy atom. The topological polar surface area (TPSA) is 59.2 Å². The number of nitrogens with two attached hydrogens (primary N) is 1. The molecule has 0 bridgehead atoms. The van der Waals surface area contributed by atoms with Crippen LogP contribution in [0.5, 0.6) is 0 Å². The molecule has 1 amide bonds. The maximum atomic E-state index is 14.3. The molecule has 6 heteroatoms. The van der Waals surface area contributed by atoms with Gasteiger partial charge in [-0.1, -0.05) is 18.2 Å². The van der Waals surface area contributed by atoms with Crippen molar-refractivity contribution in [3.05, 3.63) is 59.3 Å². The third-order valence-electron chi connectivity index (χ3n) is 5.13. The Hall–Kier alpha value is -3.02. The quantitative estimate of drug-likeness (QED) is 0.762. The number of para-hydroxylation sites is 1. The number of hydrogen-bond acceptors (Lipinski definition) is 3. The van der Waals surface area contributed by atoms with Crippen LogP contribution in [0.2, 0.25) is 0 Å². The second-order valence-corrected chi connectivity index (χ2v) is 6.84. The van der Waals surface area contributed by atoms with Crippen molar-refractivity contribution in [1.29, 1.82) is 0 Å². The summed E-state index contributed by atoms with van der Waals surface area (Å²) < 4.78 is 27.6. The van der Waals surface area contributed by atoms with Gasteiger partial charge >= 0.3 is 0 Å². The summed E-state index contributed by atoms with van der Waals surface area (Å²) in [5.41, 5.74) is 9.09. The second-order valence-electron chi connectivity index (χ2n) is 6.84. The third kappa shape index (κ3) is 2.11. The minimum absolute atomic E-state index is 0.0761. The zero-order valence-electron chi connectivity index (χ0n) is 13.8. The SMILES string of the molecule is Nc1c2c(nc3c(-c4ccc(F)cc4F)cccc13)CN(C1CC1)C2=O. The zero-order chi connectivity index (χ0) is 18.0.